The van der Waals surface area contributed by atoms with Crippen LogP contribution in [-0.4, -0.2) is 36.3 Å². The number of anilines is 2. The van der Waals surface area contributed by atoms with E-state index in [-0.39, 0.29) is 17.7 Å². The Bertz CT molecular complexity index is 842. The van der Waals surface area contributed by atoms with E-state index in [0.717, 1.165) is 50.1 Å². The van der Waals surface area contributed by atoms with Crippen molar-refractivity contribution in [3.63, 3.8) is 0 Å². The zero-order valence-electron chi connectivity index (χ0n) is 16.1. The third kappa shape index (κ3) is 4.60. The van der Waals surface area contributed by atoms with Crippen LogP contribution in [0.1, 0.15) is 30.4 Å². The second-order valence-corrected chi connectivity index (χ2v) is 7.79. The van der Waals surface area contributed by atoms with Crippen molar-refractivity contribution >= 4 is 23.2 Å². The molecule has 2 N–H and O–H groups in total. The molecule has 0 atom stereocenters. The molecular formula is C23H27N3O2. The van der Waals surface area contributed by atoms with Crippen LogP contribution < -0.4 is 10.6 Å². The van der Waals surface area contributed by atoms with Crippen molar-refractivity contribution in [3.8, 4) is 0 Å². The average molecular weight is 377 g/mol. The van der Waals surface area contributed by atoms with Crippen molar-refractivity contribution in [1.29, 1.82) is 0 Å². The minimum Gasteiger partial charge on any atom is -0.326 e. The van der Waals surface area contributed by atoms with Crippen LogP contribution in [0.2, 0.25) is 0 Å². The highest BCUT2D eigenvalue weighted by molar-refractivity contribution is 5.93. The molecule has 28 heavy (non-hydrogen) atoms. The van der Waals surface area contributed by atoms with Gasteiger partial charge in [0.2, 0.25) is 11.8 Å². The number of rotatable bonds is 5. The van der Waals surface area contributed by atoms with E-state index in [2.05, 4.69) is 27.7 Å². The number of hydrogen-bond acceptors (Lipinski definition) is 3. The molecule has 2 aromatic carbocycles. The van der Waals surface area contributed by atoms with Gasteiger partial charge in [0.1, 0.15) is 0 Å². The molecule has 0 aromatic heterocycles. The number of hydrogen-bond donors (Lipinski definition) is 2. The lowest BCUT2D eigenvalue weighted by atomic mass is 9.96. The lowest BCUT2D eigenvalue weighted by Crippen LogP contribution is -2.41. The summed E-state index contributed by atoms with van der Waals surface area (Å²) in [7, 11) is 0. The second-order valence-electron chi connectivity index (χ2n) is 7.79. The van der Waals surface area contributed by atoms with Gasteiger partial charge in [-0.05, 0) is 80.6 Å². The van der Waals surface area contributed by atoms with Crippen LogP contribution in [0, 0.1) is 5.92 Å². The van der Waals surface area contributed by atoms with Crippen LogP contribution in [0.5, 0.6) is 0 Å². The van der Waals surface area contributed by atoms with Gasteiger partial charge in [0.15, 0.2) is 0 Å². The number of aryl methyl sites for hydroxylation is 2. The number of amides is 2. The molecular weight excluding hydrogens is 350 g/mol. The van der Waals surface area contributed by atoms with E-state index in [4.69, 9.17) is 0 Å². The number of nitrogens with one attached hydrogen (secondary N) is 2. The summed E-state index contributed by atoms with van der Waals surface area (Å²) < 4.78 is 0. The predicted molar refractivity (Wildman–Crippen MR) is 111 cm³/mol. The summed E-state index contributed by atoms with van der Waals surface area (Å²) in [6, 6.07) is 15.8. The van der Waals surface area contributed by atoms with Crippen LogP contribution in [0.25, 0.3) is 0 Å². The highest BCUT2D eigenvalue weighted by atomic mass is 16.2. The smallest absolute Gasteiger partial charge is 0.238 e. The molecule has 2 aliphatic rings. The van der Waals surface area contributed by atoms with Crippen molar-refractivity contribution in [2.45, 2.75) is 32.1 Å². The Morgan fingerprint density at radius 1 is 0.893 bits per heavy atom. The molecule has 1 aliphatic carbocycles. The van der Waals surface area contributed by atoms with Crippen LogP contribution in [-0.2, 0) is 22.4 Å². The lowest BCUT2D eigenvalue weighted by molar-refractivity contribution is -0.121. The normalized spacial score (nSPS) is 17.1. The largest absolute Gasteiger partial charge is 0.326 e. The van der Waals surface area contributed by atoms with Crippen LogP contribution in [0.3, 0.4) is 0 Å². The van der Waals surface area contributed by atoms with E-state index in [1.54, 1.807) is 0 Å². The molecule has 0 spiro atoms. The maximum absolute atomic E-state index is 12.4. The Labute approximate surface area is 166 Å². The Morgan fingerprint density at radius 2 is 1.64 bits per heavy atom. The molecule has 5 nitrogen and oxygen atoms in total. The minimum absolute atomic E-state index is 0.0104. The summed E-state index contributed by atoms with van der Waals surface area (Å²) in [6.07, 6.45) is 5.03. The zero-order valence-corrected chi connectivity index (χ0v) is 16.1. The van der Waals surface area contributed by atoms with E-state index in [1.165, 1.54) is 17.5 Å². The summed E-state index contributed by atoms with van der Waals surface area (Å²) >= 11 is 0. The molecule has 5 heteroatoms. The molecule has 1 saturated heterocycles. The third-order valence-electron chi connectivity index (χ3n) is 5.75. The van der Waals surface area contributed by atoms with Gasteiger partial charge in [-0.3, -0.25) is 14.5 Å². The number of nitrogens with zero attached hydrogens (tertiary/aromatic N) is 1. The molecule has 0 radical (unpaired) electrons. The summed E-state index contributed by atoms with van der Waals surface area (Å²) in [6.45, 7) is 1.92. The van der Waals surface area contributed by atoms with Crippen molar-refractivity contribution in [3.05, 3.63) is 59.7 Å². The van der Waals surface area contributed by atoms with Crippen molar-refractivity contribution < 1.29 is 9.59 Å². The number of fused-ring (bicyclic) bond motifs is 1. The number of carbonyl (C=O) groups is 2. The van der Waals surface area contributed by atoms with Crippen molar-refractivity contribution in [2.75, 3.05) is 30.3 Å². The van der Waals surface area contributed by atoms with Gasteiger partial charge in [-0.2, -0.15) is 0 Å². The van der Waals surface area contributed by atoms with Crippen LogP contribution >= 0.6 is 0 Å². The molecule has 1 heterocycles. The van der Waals surface area contributed by atoms with Gasteiger partial charge >= 0.3 is 0 Å². The molecule has 0 bridgehead atoms. The molecule has 1 aliphatic heterocycles. The van der Waals surface area contributed by atoms with E-state index in [0.29, 0.717) is 6.54 Å². The van der Waals surface area contributed by atoms with Gasteiger partial charge in [0.05, 0.1) is 6.54 Å². The van der Waals surface area contributed by atoms with Crippen molar-refractivity contribution in [1.82, 2.24) is 4.90 Å². The maximum atomic E-state index is 12.4. The predicted octanol–water partition coefficient (Wildman–Crippen LogP) is 3.46. The van der Waals surface area contributed by atoms with Gasteiger partial charge in [-0.15, -0.1) is 0 Å². The van der Waals surface area contributed by atoms with E-state index in [9.17, 15) is 9.59 Å². The Hall–Kier alpha value is -2.66. The number of piperidine rings is 1. The number of para-hydroxylation sites is 1. The number of carbonyl (C=O) groups excluding carboxylic acids is 2. The quantitative estimate of drug-likeness (QED) is 0.839. The Balaban J connectivity index is 1.23. The van der Waals surface area contributed by atoms with Gasteiger partial charge in [-0.25, -0.2) is 0 Å². The third-order valence-corrected chi connectivity index (χ3v) is 5.75. The van der Waals surface area contributed by atoms with Gasteiger partial charge < -0.3 is 10.6 Å². The van der Waals surface area contributed by atoms with Gasteiger partial charge in [0.25, 0.3) is 0 Å². The SMILES string of the molecule is O=C(CN1CCC(C(=O)Nc2ccccc2)CC1)Nc1ccc2c(c1)CCC2. The summed E-state index contributed by atoms with van der Waals surface area (Å²) in [5, 5.41) is 6.01. The van der Waals surface area contributed by atoms with Crippen LogP contribution in [0.4, 0.5) is 11.4 Å². The van der Waals surface area contributed by atoms with E-state index >= 15 is 0 Å². The standard InChI is InChI=1S/C23H27N3O2/c27-22(24-21-10-9-17-5-4-6-19(17)15-21)16-26-13-11-18(12-14-26)23(28)25-20-7-2-1-3-8-20/h1-3,7-10,15,18H,4-6,11-14,16H2,(H,24,27)(H,25,28). The van der Waals surface area contributed by atoms with Crippen molar-refractivity contribution in [2.24, 2.45) is 5.92 Å². The maximum Gasteiger partial charge on any atom is 0.238 e. The van der Waals surface area contributed by atoms with Gasteiger partial charge in [-0.1, -0.05) is 24.3 Å². The number of benzene rings is 2. The van der Waals surface area contributed by atoms with E-state index in [1.807, 2.05) is 36.4 Å². The molecule has 4 rings (SSSR count). The van der Waals surface area contributed by atoms with Crippen LogP contribution in [0.15, 0.2) is 48.5 Å². The topological polar surface area (TPSA) is 61.4 Å². The lowest BCUT2D eigenvalue weighted by Gasteiger charge is -2.30. The molecule has 2 aromatic rings. The first-order valence-corrected chi connectivity index (χ1v) is 10.2. The Morgan fingerprint density at radius 3 is 2.43 bits per heavy atom. The first-order valence-electron chi connectivity index (χ1n) is 10.2. The summed E-state index contributed by atoms with van der Waals surface area (Å²) in [5.74, 6) is 0.106. The second kappa shape index (κ2) is 8.57. The molecule has 146 valence electrons. The Kier molecular flexibility index (Phi) is 5.72. The summed E-state index contributed by atoms with van der Waals surface area (Å²) in [5.41, 5.74) is 4.50. The fourth-order valence-corrected chi connectivity index (χ4v) is 4.17. The first-order chi connectivity index (χ1) is 13.7. The minimum atomic E-state index is 0.0104. The highest BCUT2D eigenvalue weighted by Gasteiger charge is 2.26. The van der Waals surface area contributed by atoms with Gasteiger partial charge in [0, 0.05) is 17.3 Å². The average Bonchev–Trinajstić information content (AvgIpc) is 3.17. The summed E-state index contributed by atoms with van der Waals surface area (Å²) in [4.78, 5) is 27.0. The number of likely N-dealkylation sites (tertiary alicyclic amines) is 1. The molecule has 0 unspecified atom stereocenters. The zero-order chi connectivity index (χ0) is 19.3. The highest BCUT2D eigenvalue weighted by Crippen LogP contribution is 2.25. The first kappa shape index (κ1) is 18.7. The van der Waals surface area contributed by atoms with E-state index < -0.39 is 0 Å². The monoisotopic (exact) mass is 377 g/mol. The fraction of sp³-hybridized carbons (Fsp3) is 0.391. The molecule has 1 fully saturated rings. The molecule has 2 amide bonds. The fourth-order valence-electron chi connectivity index (χ4n) is 4.17. The molecule has 0 saturated carbocycles.